The summed E-state index contributed by atoms with van der Waals surface area (Å²) in [6.07, 6.45) is 6.10. The highest BCUT2D eigenvalue weighted by molar-refractivity contribution is 9.10. The molecular formula is C12H19BrN2. The maximum Gasteiger partial charge on any atom is 0.0410 e. The highest BCUT2D eigenvalue weighted by Crippen LogP contribution is 2.13. The molecule has 0 aliphatic heterocycles. The first-order chi connectivity index (χ1) is 7.03. The maximum atomic E-state index is 4.14. The molecule has 0 bridgehead atoms. The molecule has 0 saturated carbocycles. The molecule has 84 valence electrons. The Labute approximate surface area is 101 Å². The van der Waals surface area contributed by atoms with E-state index in [9.17, 15) is 0 Å². The molecule has 0 aliphatic rings. The Morgan fingerprint density at radius 2 is 2.13 bits per heavy atom. The minimum atomic E-state index is 0.205. The van der Waals surface area contributed by atoms with Crippen molar-refractivity contribution in [3.8, 4) is 0 Å². The summed E-state index contributed by atoms with van der Waals surface area (Å²) in [7, 11) is 0. The van der Waals surface area contributed by atoms with Crippen molar-refractivity contribution in [1.82, 2.24) is 10.3 Å². The van der Waals surface area contributed by atoms with Gasteiger partial charge >= 0.3 is 0 Å². The smallest absolute Gasteiger partial charge is 0.0410 e. The van der Waals surface area contributed by atoms with Crippen LogP contribution in [0.5, 0.6) is 0 Å². The van der Waals surface area contributed by atoms with E-state index in [-0.39, 0.29) is 5.54 Å². The molecule has 1 N–H and O–H groups in total. The van der Waals surface area contributed by atoms with Crippen LogP contribution >= 0.6 is 15.9 Å². The third-order valence-corrected chi connectivity index (χ3v) is 2.84. The van der Waals surface area contributed by atoms with Crippen molar-refractivity contribution >= 4 is 15.9 Å². The van der Waals surface area contributed by atoms with Crippen LogP contribution in [0.3, 0.4) is 0 Å². The molecule has 0 radical (unpaired) electrons. The van der Waals surface area contributed by atoms with Crippen molar-refractivity contribution in [2.45, 2.75) is 45.7 Å². The zero-order valence-corrected chi connectivity index (χ0v) is 11.3. The lowest BCUT2D eigenvalue weighted by Crippen LogP contribution is -2.38. The second-order valence-electron chi connectivity index (χ2n) is 4.50. The normalized spacial score (nSPS) is 11.7. The molecule has 1 heterocycles. The van der Waals surface area contributed by atoms with E-state index in [1.807, 2.05) is 6.20 Å². The van der Waals surface area contributed by atoms with E-state index in [4.69, 9.17) is 0 Å². The molecular weight excluding hydrogens is 252 g/mol. The molecule has 1 aromatic heterocycles. The van der Waals surface area contributed by atoms with Gasteiger partial charge in [-0.25, -0.2) is 0 Å². The summed E-state index contributed by atoms with van der Waals surface area (Å²) in [4.78, 5) is 4.14. The lowest BCUT2D eigenvalue weighted by Gasteiger charge is -2.25. The average molecular weight is 271 g/mol. The molecule has 0 fully saturated rings. The largest absolute Gasteiger partial charge is 0.308 e. The zero-order chi connectivity index (χ0) is 11.3. The summed E-state index contributed by atoms with van der Waals surface area (Å²) in [6.45, 7) is 7.56. The van der Waals surface area contributed by atoms with Gasteiger partial charge in [0.2, 0.25) is 0 Å². The Morgan fingerprint density at radius 3 is 2.73 bits per heavy atom. The van der Waals surface area contributed by atoms with Gasteiger partial charge in [-0.2, -0.15) is 0 Å². The first-order valence-corrected chi connectivity index (χ1v) is 6.17. The van der Waals surface area contributed by atoms with Crippen LogP contribution in [0.4, 0.5) is 0 Å². The zero-order valence-electron chi connectivity index (χ0n) is 9.68. The fraction of sp³-hybridized carbons (Fsp3) is 0.583. The van der Waals surface area contributed by atoms with Crippen molar-refractivity contribution in [3.63, 3.8) is 0 Å². The monoisotopic (exact) mass is 270 g/mol. The van der Waals surface area contributed by atoms with Crippen LogP contribution in [0.25, 0.3) is 0 Å². The van der Waals surface area contributed by atoms with Crippen LogP contribution < -0.4 is 5.32 Å². The Hall–Kier alpha value is -0.410. The lowest BCUT2D eigenvalue weighted by molar-refractivity contribution is 0.356. The van der Waals surface area contributed by atoms with Crippen molar-refractivity contribution in [3.05, 3.63) is 28.5 Å². The van der Waals surface area contributed by atoms with Gasteiger partial charge in [0.25, 0.3) is 0 Å². The first kappa shape index (κ1) is 12.7. The van der Waals surface area contributed by atoms with Crippen LogP contribution in [-0.4, -0.2) is 10.5 Å². The fourth-order valence-corrected chi connectivity index (χ4v) is 2.02. The second kappa shape index (κ2) is 5.61. The maximum absolute atomic E-state index is 4.14. The number of hydrogen-bond acceptors (Lipinski definition) is 2. The van der Waals surface area contributed by atoms with Crippen molar-refractivity contribution in [2.24, 2.45) is 0 Å². The first-order valence-electron chi connectivity index (χ1n) is 5.38. The number of aromatic nitrogens is 1. The molecule has 0 saturated heterocycles. The number of halogens is 1. The molecule has 0 aromatic carbocycles. The van der Waals surface area contributed by atoms with Gasteiger partial charge in [0.05, 0.1) is 0 Å². The molecule has 1 rings (SSSR count). The topological polar surface area (TPSA) is 24.9 Å². The molecule has 0 aliphatic carbocycles. The van der Waals surface area contributed by atoms with Crippen molar-refractivity contribution < 1.29 is 0 Å². The van der Waals surface area contributed by atoms with Gasteiger partial charge in [0, 0.05) is 29.0 Å². The van der Waals surface area contributed by atoms with Gasteiger partial charge < -0.3 is 5.32 Å². The van der Waals surface area contributed by atoms with E-state index in [1.165, 1.54) is 18.4 Å². The summed E-state index contributed by atoms with van der Waals surface area (Å²) in [5, 5.41) is 3.54. The minimum absolute atomic E-state index is 0.205. The van der Waals surface area contributed by atoms with Crippen LogP contribution in [0.15, 0.2) is 22.9 Å². The predicted molar refractivity (Wildman–Crippen MR) is 67.8 cm³/mol. The average Bonchev–Trinajstić information content (AvgIpc) is 2.15. The quantitative estimate of drug-likeness (QED) is 0.886. The van der Waals surface area contributed by atoms with E-state index in [0.717, 1.165) is 11.0 Å². The highest BCUT2D eigenvalue weighted by atomic mass is 79.9. The van der Waals surface area contributed by atoms with Crippen molar-refractivity contribution in [1.29, 1.82) is 0 Å². The van der Waals surface area contributed by atoms with Gasteiger partial charge in [-0.1, -0.05) is 13.3 Å². The van der Waals surface area contributed by atoms with Crippen LogP contribution in [0.1, 0.15) is 39.2 Å². The van der Waals surface area contributed by atoms with Gasteiger partial charge in [0.15, 0.2) is 0 Å². The Bertz CT molecular complexity index is 310. The molecule has 0 spiro atoms. The minimum Gasteiger partial charge on any atom is -0.308 e. The Balaban J connectivity index is 2.49. The third-order valence-electron chi connectivity index (χ3n) is 2.41. The van der Waals surface area contributed by atoms with E-state index in [1.54, 1.807) is 6.20 Å². The molecule has 2 nitrogen and oxygen atoms in total. The summed E-state index contributed by atoms with van der Waals surface area (Å²) in [5.74, 6) is 0. The van der Waals surface area contributed by atoms with Gasteiger partial charge in [-0.15, -0.1) is 0 Å². The SMILES string of the molecule is CCCC(C)(C)NCc1cncc(Br)c1. The Kier molecular flexibility index (Phi) is 4.74. The summed E-state index contributed by atoms with van der Waals surface area (Å²) in [5.41, 5.74) is 1.42. The van der Waals surface area contributed by atoms with Crippen LogP contribution in [0.2, 0.25) is 0 Å². The molecule has 3 heteroatoms. The van der Waals surface area contributed by atoms with E-state index >= 15 is 0 Å². The molecule has 0 unspecified atom stereocenters. The molecule has 0 amide bonds. The molecule has 15 heavy (non-hydrogen) atoms. The Morgan fingerprint density at radius 1 is 1.40 bits per heavy atom. The highest BCUT2D eigenvalue weighted by Gasteiger charge is 2.14. The number of nitrogens with one attached hydrogen (secondary N) is 1. The van der Waals surface area contributed by atoms with Crippen LogP contribution in [-0.2, 0) is 6.54 Å². The third kappa shape index (κ3) is 4.76. The second-order valence-corrected chi connectivity index (χ2v) is 5.41. The number of nitrogens with zero attached hydrogens (tertiary/aromatic N) is 1. The number of rotatable bonds is 5. The summed E-state index contributed by atoms with van der Waals surface area (Å²) in [6, 6.07) is 2.10. The lowest BCUT2D eigenvalue weighted by atomic mass is 9.99. The summed E-state index contributed by atoms with van der Waals surface area (Å²) < 4.78 is 1.04. The predicted octanol–water partition coefficient (Wildman–Crippen LogP) is 3.51. The van der Waals surface area contributed by atoms with Crippen LogP contribution in [0, 0.1) is 0 Å². The van der Waals surface area contributed by atoms with Gasteiger partial charge in [-0.05, 0) is 47.8 Å². The molecule has 0 atom stereocenters. The van der Waals surface area contributed by atoms with E-state index in [2.05, 4.69) is 53.1 Å². The van der Waals surface area contributed by atoms with Gasteiger partial charge in [-0.3, -0.25) is 4.98 Å². The van der Waals surface area contributed by atoms with E-state index in [0.29, 0.717) is 0 Å². The standard InChI is InChI=1S/C12H19BrN2/c1-4-5-12(2,3)15-8-10-6-11(13)9-14-7-10/h6-7,9,15H,4-5,8H2,1-3H3. The summed E-state index contributed by atoms with van der Waals surface area (Å²) >= 11 is 3.42. The van der Waals surface area contributed by atoms with Gasteiger partial charge in [0.1, 0.15) is 0 Å². The van der Waals surface area contributed by atoms with E-state index < -0.39 is 0 Å². The molecule has 1 aromatic rings. The fourth-order valence-electron chi connectivity index (χ4n) is 1.61. The van der Waals surface area contributed by atoms with Crippen molar-refractivity contribution in [2.75, 3.05) is 0 Å². The number of hydrogen-bond donors (Lipinski definition) is 1. The number of pyridine rings is 1.